The first kappa shape index (κ1) is 22.7. The number of nitrogens with zero attached hydrogens (tertiary/aromatic N) is 3. The molecular weight excluding hydrogens is 458 g/mol. The van der Waals surface area contributed by atoms with E-state index < -0.39 is 6.04 Å². The zero-order chi connectivity index (χ0) is 24.2. The van der Waals surface area contributed by atoms with Crippen molar-refractivity contribution in [2.45, 2.75) is 23.9 Å². The maximum atomic E-state index is 13.5. The van der Waals surface area contributed by atoms with E-state index in [9.17, 15) is 4.79 Å². The fourth-order valence-corrected chi connectivity index (χ4v) is 4.81. The zero-order valence-corrected chi connectivity index (χ0v) is 20.3. The monoisotopic (exact) mass is 483 g/mol. The molecule has 0 radical (unpaired) electrons. The van der Waals surface area contributed by atoms with Crippen LogP contribution in [0.4, 0.5) is 11.6 Å². The van der Waals surface area contributed by atoms with E-state index in [1.807, 2.05) is 79.7 Å². The second-order valence-electron chi connectivity index (χ2n) is 8.10. The summed E-state index contributed by atoms with van der Waals surface area (Å²) in [5.74, 6) is 1.92. The number of thioether (sulfide) groups is 1. The zero-order valence-electron chi connectivity index (χ0n) is 19.4. The summed E-state index contributed by atoms with van der Waals surface area (Å²) in [6.45, 7) is 1.89. The van der Waals surface area contributed by atoms with Gasteiger partial charge in [0.25, 0.3) is 5.91 Å². The molecule has 176 valence electrons. The summed E-state index contributed by atoms with van der Waals surface area (Å²) in [6.07, 6.45) is 0. The number of nitrogens with one attached hydrogen (secondary N) is 2. The Morgan fingerprint density at radius 2 is 1.71 bits per heavy atom. The number of rotatable bonds is 7. The first-order chi connectivity index (χ1) is 17.1. The van der Waals surface area contributed by atoms with Gasteiger partial charge in [0.15, 0.2) is 0 Å². The molecule has 0 fully saturated rings. The second kappa shape index (κ2) is 10.1. The molecule has 0 saturated carbocycles. The van der Waals surface area contributed by atoms with Crippen LogP contribution in [0.15, 0.2) is 101 Å². The largest absolute Gasteiger partial charge is 0.497 e. The molecule has 1 aromatic heterocycles. The van der Waals surface area contributed by atoms with E-state index in [0.717, 1.165) is 28.5 Å². The Morgan fingerprint density at radius 3 is 2.40 bits per heavy atom. The van der Waals surface area contributed by atoms with Crippen LogP contribution >= 0.6 is 11.8 Å². The topological polar surface area (TPSA) is 81.1 Å². The normalized spacial score (nSPS) is 14.7. The van der Waals surface area contributed by atoms with E-state index in [1.54, 1.807) is 23.6 Å². The maximum Gasteiger partial charge on any atom is 0.255 e. The van der Waals surface area contributed by atoms with Crippen LogP contribution in [0.5, 0.6) is 5.75 Å². The molecule has 4 aromatic rings. The molecule has 8 heteroatoms. The number of anilines is 2. The Morgan fingerprint density at radius 1 is 1.03 bits per heavy atom. The van der Waals surface area contributed by atoms with Gasteiger partial charge >= 0.3 is 0 Å². The summed E-state index contributed by atoms with van der Waals surface area (Å²) in [5, 5.41) is 11.8. The minimum Gasteiger partial charge on any atom is -0.497 e. The summed E-state index contributed by atoms with van der Waals surface area (Å²) in [7, 11) is 1.63. The molecule has 0 bridgehead atoms. The van der Waals surface area contributed by atoms with Crippen molar-refractivity contribution < 1.29 is 9.53 Å². The van der Waals surface area contributed by atoms with E-state index in [-0.39, 0.29) is 5.91 Å². The number of ether oxygens (including phenoxy) is 1. The third-order valence-corrected chi connectivity index (χ3v) is 6.66. The van der Waals surface area contributed by atoms with Gasteiger partial charge in [-0.15, -0.1) is 5.10 Å². The van der Waals surface area contributed by atoms with Gasteiger partial charge in [0.05, 0.1) is 12.7 Å². The van der Waals surface area contributed by atoms with E-state index in [0.29, 0.717) is 16.7 Å². The lowest BCUT2D eigenvalue weighted by Gasteiger charge is -2.28. The summed E-state index contributed by atoms with van der Waals surface area (Å²) in [6, 6.07) is 26.9. The third-order valence-electron chi connectivity index (χ3n) is 5.75. The number of hydrogen-bond acceptors (Lipinski definition) is 6. The first-order valence-corrected chi connectivity index (χ1v) is 12.2. The molecule has 0 spiro atoms. The average Bonchev–Trinajstić information content (AvgIpc) is 3.30. The van der Waals surface area contributed by atoms with Crippen molar-refractivity contribution in [2.75, 3.05) is 17.7 Å². The molecule has 0 saturated heterocycles. The summed E-state index contributed by atoms with van der Waals surface area (Å²) < 4.78 is 7.13. The van der Waals surface area contributed by atoms with Gasteiger partial charge in [-0.3, -0.25) is 4.79 Å². The van der Waals surface area contributed by atoms with Crippen LogP contribution in [0.2, 0.25) is 0 Å². The molecule has 2 heterocycles. The molecule has 1 unspecified atom stereocenters. The number of amides is 1. The van der Waals surface area contributed by atoms with E-state index >= 15 is 0 Å². The molecule has 1 aliphatic rings. The van der Waals surface area contributed by atoms with Crippen LogP contribution in [-0.4, -0.2) is 27.8 Å². The maximum absolute atomic E-state index is 13.5. The molecule has 35 heavy (non-hydrogen) atoms. The average molecular weight is 484 g/mol. The molecule has 2 N–H and O–H groups in total. The van der Waals surface area contributed by atoms with Gasteiger partial charge in [0.1, 0.15) is 11.8 Å². The van der Waals surface area contributed by atoms with Crippen LogP contribution in [0, 0.1) is 0 Å². The summed E-state index contributed by atoms with van der Waals surface area (Å²) in [4.78, 5) is 18.2. The highest BCUT2D eigenvalue weighted by molar-refractivity contribution is 7.98. The van der Waals surface area contributed by atoms with Gasteiger partial charge in [0.2, 0.25) is 11.1 Å². The van der Waals surface area contributed by atoms with Crippen molar-refractivity contribution in [1.29, 1.82) is 0 Å². The van der Waals surface area contributed by atoms with Crippen molar-refractivity contribution in [3.8, 4) is 5.75 Å². The number of fused-ring (bicyclic) bond motifs is 1. The summed E-state index contributed by atoms with van der Waals surface area (Å²) >= 11 is 1.56. The number of hydrogen-bond donors (Lipinski definition) is 2. The molecule has 1 aliphatic heterocycles. The van der Waals surface area contributed by atoms with Crippen molar-refractivity contribution in [2.24, 2.45) is 0 Å². The number of carbonyl (C=O) groups is 1. The molecule has 3 aromatic carbocycles. The van der Waals surface area contributed by atoms with Gasteiger partial charge < -0.3 is 15.4 Å². The molecule has 1 atom stereocenters. The minimum atomic E-state index is -0.445. The Kier molecular flexibility index (Phi) is 6.54. The van der Waals surface area contributed by atoms with Crippen molar-refractivity contribution >= 4 is 29.3 Å². The van der Waals surface area contributed by atoms with E-state index in [1.165, 1.54) is 5.56 Å². The lowest BCUT2D eigenvalue weighted by Crippen LogP contribution is -2.31. The van der Waals surface area contributed by atoms with Gasteiger partial charge in [-0.1, -0.05) is 72.4 Å². The quantitative estimate of drug-likeness (QED) is 0.338. The standard InChI is InChI=1S/C27H25N5O2S/c1-18-23(25(33)29-21-11-7-4-8-12-21)24(20-13-15-22(34-2)16-14-20)32-26(28-18)30-27(31-32)35-17-19-9-5-3-6-10-19/h3-16,24H,17H2,1-2H3,(H,29,33)(H,28,30,31). The Labute approximate surface area is 208 Å². The molecular formula is C27H25N5O2S. The summed E-state index contributed by atoms with van der Waals surface area (Å²) in [5.41, 5.74) is 4.15. The lowest BCUT2D eigenvalue weighted by atomic mass is 9.95. The Balaban J connectivity index is 1.50. The van der Waals surface area contributed by atoms with Crippen LogP contribution in [0.3, 0.4) is 0 Å². The van der Waals surface area contributed by atoms with Gasteiger partial charge in [-0.05, 0) is 42.3 Å². The van der Waals surface area contributed by atoms with Crippen LogP contribution in [0.25, 0.3) is 0 Å². The van der Waals surface area contributed by atoms with Crippen LogP contribution in [0.1, 0.15) is 24.1 Å². The smallest absolute Gasteiger partial charge is 0.255 e. The number of benzene rings is 3. The third kappa shape index (κ3) is 4.93. The van der Waals surface area contributed by atoms with Gasteiger partial charge in [-0.2, -0.15) is 4.98 Å². The molecule has 1 amide bonds. The Bertz CT molecular complexity index is 1350. The number of allylic oxidation sites excluding steroid dienone is 1. The predicted octanol–water partition coefficient (Wildman–Crippen LogP) is 5.51. The number of carbonyl (C=O) groups excluding carboxylic acids is 1. The van der Waals surface area contributed by atoms with E-state index in [4.69, 9.17) is 14.8 Å². The fourth-order valence-electron chi connectivity index (χ4n) is 4.02. The van der Waals surface area contributed by atoms with Crippen LogP contribution < -0.4 is 15.4 Å². The number of aromatic nitrogens is 3. The van der Waals surface area contributed by atoms with E-state index in [2.05, 4.69) is 22.8 Å². The minimum absolute atomic E-state index is 0.193. The van der Waals surface area contributed by atoms with Gasteiger partial charge in [0, 0.05) is 17.1 Å². The van der Waals surface area contributed by atoms with Crippen molar-refractivity contribution in [1.82, 2.24) is 14.8 Å². The predicted molar refractivity (Wildman–Crippen MR) is 139 cm³/mol. The van der Waals surface area contributed by atoms with Gasteiger partial charge in [-0.25, -0.2) is 4.68 Å². The van der Waals surface area contributed by atoms with Crippen molar-refractivity contribution in [3.63, 3.8) is 0 Å². The number of methoxy groups -OCH3 is 1. The highest BCUT2D eigenvalue weighted by Gasteiger charge is 2.34. The highest BCUT2D eigenvalue weighted by Crippen LogP contribution is 2.37. The first-order valence-electron chi connectivity index (χ1n) is 11.2. The Hall–Kier alpha value is -4.04. The number of para-hydroxylation sites is 1. The second-order valence-corrected chi connectivity index (χ2v) is 9.04. The highest BCUT2D eigenvalue weighted by atomic mass is 32.2. The van der Waals surface area contributed by atoms with Crippen molar-refractivity contribution in [3.05, 3.63) is 107 Å². The lowest BCUT2D eigenvalue weighted by molar-refractivity contribution is -0.113. The molecule has 5 rings (SSSR count). The van der Waals surface area contributed by atoms with Crippen LogP contribution in [-0.2, 0) is 10.5 Å². The molecule has 7 nitrogen and oxygen atoms in total. The molecule has 0 aliphatic carbocycles. The fraction of sp³-hybridized carbons (Fsp3) is 0.148. The SMILES string of the molecule is COc1ccc(C2C(C(=O)Nc3ccccc3)=C(C)Nc3nc(SCc4ccccc4)nn32)cc1.